The Bertz CT molecular complexity index is 1240. The van der Waals surface area contributed by atoms with E-state index in [9.17, 15) is 18.0 Å². The van der Waals surface area contributed by atoms with Crippen LogP contribution in [0.1, 0.15) is 33.9 Å². The molecule has 5 nitrogen and oxygen atoms in total. The highest BCUT2D eigenvalue weighted by atomic mass is 19.4. The Morgan fingerprint density at radius 3 is 2.24 bits per heavy atom. The second-order valence-electron chi connectivity index (χ2n) is 9.63. The average Bonchev–Trinajstić information content (AvgIpc) is 3.23. The molecule has 194 valence electrons. The number of ether oxygens (including phenoxy) is 2. The minimum absolute atomic E-state index is 0.260. The van der Waals surface area contributed by atoms with Crippen molar-refractivity contribution in [2.24, 2.45) is 0 Å². The summed E-state index contributed by atoms with van der Waals surface area (Å²) >= 11 is 0. The van der Waals surface area contributed by atoms with Crippen LogP contribution >= 0.6 is 0 Å². The number of morpholine rings is 1. The van der Waals surface area contributed by atoms with Crippen molar-refractivity contribution in [3.8, 4) is 16.9 Å². The van der Waals surface area contributed by atoms with Crippen molar-refractivity contribution in [1.29, 1.82) is 0 Å². The predicted molar refractivity (Wildman–Crippen MR) is 134 cm³/mol. The molecule has 37 heavy (non-hydrogen) atoms. The van der Waals surface area contributed by atoms with Crippen molar-refractivity contribution in [1.82, 2.24) is 9.80 Å². The summed E-state index contributed by atoms with van der Waals surface area (Å²) in [6.07, 6.45) is -3.78. The number of aldehydes is 1. The monoisotopic (exact) mass is 510 g/mol. The van der Waals surface area contributed by atoms with Gasteiger partial charge in [0.1, 0.15) is 12.0 Å². The van der Waals surface area contributed by atoms with Gasteiger partial charge in [0.25, 0.3) is 0 Å². The van der Waals surface area contributed by atoms with E-state index < -0.39 is 12.4 Å². The number of carbonyl (C=O) groups is 1. The third-order valence-electron chi connectivity index (χ3n) is 7.00. The largest absolute Gasteiger partial charge is 0.573 e. The van der Waals surface area contributed by atoms with Crippen LogP contribution in [0.3, 0.4) is 0 Å². The van der Waals surface area contributed by atoms with E-state index in [1.54, 1.807) is 12.1 Å². The Balaban J connectivity index is 1.30. The number of carbonyl (C=O) groups excluding carboxylic acids is 1. The van der Waals surface area contributed by atoms with Gasteiger partial charge in [-0.25, -0.2) is 0 Å². The minimum atomic E-state index is -4.72. The van der Waals surface area contributed by atoms with E-state index in [0.29, 0.717) is 13.1 Å². The van der Waals surface area contributed by atoms with Crippen molar-refractivity contribution >= 4 is 6.29 Å². The van der Waals surface area contributed by atoms with Crippen LogP contribution in [0.2, 0.25) is 0 Å². The number of hydrogen-bond donors (Lipinski definition) is 0. The summed E-state index contributed by atoms with van der Waals surface area (Å²) in [5, 5.41) is 0. The molecule has 0 spiro atoms. The van der Waals surface area contributed by atoms with E-state index in [4.69, 9.17) is 4.74 Å². The molecule has 2 aliphatic heterocycles. The van der Waals surface area contributed by atoms with Crippen molar-refractivity contribution in [2.75, 3.05) is 26.3 Å². The maximum Gasteiger partial charge on any atom is 0.573 e. The number of alkyl halides is 3. The summed E-state index contributed by atoms with van der Waals surface area (Å²) < 4.78 is 46.7. The van der Waals surface area contributed by atoms with Gasteiger partial charge in [-0.05, 0) is 64.1 Å². The molecule has 0 radical (unpaired) electrons. The van der Waals surface area contributed by atoms with Gasteiger partial charge in [-0.2, -0.15) is 0 Å². The van der Waals surface area contributed by atoms with Crippen LogP contribution in [0.25, 0.3) is 11.1 Å². The molecule has 0 saturated carbocycles. The summed E-state index contributed by atoms with van der Waals surface area (Å²) in [6, 6.07) is 18.3. The van der Waals surface area contributed by atoms with Gasteiger partial charge in [-0.1, -0.05) is 42.5 Å². The molecule has 0 amide bonds. The van der Waals surface area contributed by atoms with E-state index in [-0.39, 0.29) is 5.75 Å². The first-order chi connectivity index (χ1) is 17.8. The second kappa shape index (κ2) is 10.7. The van der Waals surface area contributed by atoms with Gasteiger partial charge in [0.2, 0.25) is 0 Å². The highest BCUT2D eigenvalue weighted by molar-refractivity contribution is 5.72. The minimum Gasteiger partial charge on any atom is -0.406 e. The van der Waals surface area contributed by atoms with Crippen LogP contribution in [0, 0.1) is 6.92 Å². The predicted octanol–water partition coefficient (Wildman–Crippen LogP) is 5.65. The van der Waals surface area contributed by atoms with Gasteiger partial charge in [0, 0.05) is 32.7 Å². The summed E-state index contributed by atoms with van der Waals surface area (Å²) in [5.41, 5.74) is 7.47. The first-order valence-corrected chi connectivity index (χ1v) is 12.4. The standard InChI is InChI=1S/C29H29F3N2O3/c1-20-14-24(23-6-2-21(3-7-23)16-33-10-12-36-13-11-33)15-25-18-34(27(19-35)28(20)25)17-22-4-8-26(9-5-22)37-29(30,31)32/h2-9,14-15,19,27H,10-13,16-18H2,1H3. The van der Waals surface area contributed by atoms with E-state index in [0.717, 1.165) is 72.5 Å². The zero-order valence-corrected chi connectivity index (χ0v) is 20.6. The van der Waals surface area contributed by atoms with Gasteiger partial charge in [0.15, 0.2) is 0 Å². The van der Waals surface area contributed by atoms with Crippen LogP contribution in [0.5, 0.6) is 5.75 Å². The van der Waals surface area contributed by atoms with E-state index in [1.165, 1.54) is 17.7 Å². The van der Waals surface area contributed by atoms with Gasteiger partial charge in [-0.15, -0.1) is 13.2 Å². The molecule has 3 aromatic carbocycles. The lowest BCUT2D eigenvalue weighted by atomic mass is 9.93. The number of hydrogen-bond acceptors (Lipinski definition) is 5. The topological polar surface area (TPSA) is 42.0 Å². The van der Waals surface area contributed by atoms with Crippen molar-refractivity contribution in [2.45, 2.75) is 39.0 Å². The lowest BCUT2D eigenvalue weighted by Crippen LogP contribution is -2.35. The maximum absolute atomic E-state index is 12.5. The molecular weight excluding hydrogens is 481 g/mol. The normalized spacial score (nSPS) is 18.5. The average molecular weight is 511 g/mol. The number of rotatable bonds is 7. The van der Waals surface area contributed by atoms with Gasteiger partial charge in [-0.3, -0.25) is 9.80 Å². The summed E-state index contributed by atoms with van der Waals surface area (Å²) in [7, 11) is 0. The van der Waals surface area contributed by atoms with Crippen LogP contribution in [-0.4, -0.2) is 48.8 Å². The first kappa shape index (κ1) is 25.4. The maximum atomic E-state index is 12.5. The van der Waals surface area contributed by atoms with E-state index >= 15 is 0 Å². The molecule has 0 aliphatic carbocycles. The molecule has 8 heteroatoms. The van der Waals surface area contributed by atoms with Crippen molar-refractivity contribution in [3.05, 3.63) is 88.5 Å². The molecule has 2 heterocycles. The third-order valence-corrected chi connectivity index (χ3v) is 7.00. The molecule has 0 aromatic heterocycles. The van der Waals surface area contributed by atoms with Crippen molar-refractivity contribution in [3.63, 3.8) is 0 Å². The fraction of sp³-hybridized carbons (Fsp3) is 0.345. The molecule has 1 atom stereocenters. The Labute approximate surface area is 214 Å². The third kappa shape index (κ3) is 6.04. The second-order valence-corrected chi connectivity index (χ2v) is 9.63. The molecule has 1 fully saturated rings. The van der Waals surface area contributed by atoms with Gasteiger partial charge >= 0.3 is 6.36 Å². The van der Waals surface area contributed by atoms with Gasteiger partial charge < -0.3 is 14.3 Å². The number of aryl methyl sites for hydroxylation is 1. The Morgan fingerprint density at radius 2 is 1.59 bits per heavy atom. The SMILES string of the molecule is Cc1cc(-c2ccc(CN3CCOCC3)cc2)cc2c1C(C=O)N(Cc1ccc(OC(F)(F)F)cc1)C2. The van der Waals surface area contributed by atoms with Crippen LogP contribution in [-0.2, 0) is 29.2 Å². The van der Waals surface area contributed by atoms with Crippen molar-refractivity contribution < 1.29 is 27.4 Å². The lowest BCUT2D eigenvalue weighted by Gasteiger charge is -2.26. The summed E-state index contributed by atoms with van der Waals surface area (Å²) in [6.45, 7) is 7.42. The zero-order valence-electron chi connectivity index (χ0n) is 20.6. The Hall–Kier alpha value is -3.20. The fourth-order valence-electron chi connectivity index (χ4n) is 5.25. The molecule has 3 aromatic rings. The molecule has 0 N–H and O–H groups in total. The molecular formula is C29H29F3N2O3. The molecule has 1 unspecified atom stereocenters. The summed E-state index contributed by atoms with van der Waals surface area (Å²) in [4.78, 5) is 16.5. The fourth-order valence-corrected chi connectivity index (χ4v) is 5.25. The Morgan fingerprint density at radius 1 is 0.946 bits per heavy atom. The summed E-state index contributed by atoms with van der Waals surface area (Å²) in [5.74, 6) is -0.260. The highest BCUT2D eigenvalue weighted by Gasteiger charge is 2.33. The number of halogens is 3. The Kier molecular flexibility index (Phi) is 7.33. The van der Waals surface area contributed by atoms with Crippen LogP contribution < -0.4 is 4.74 Å². The molecule has 1 saturated heterocycles. The van der Waals surface area contributed by atoms with E-state index in [1.807, 2.05) is 11.8 Å². The molecule has 5 rings (SSSR count). The zero-order chi connectivity index (χ0) is 26.0. The molecule has 0 bridgehead atoms. The smallest absolute Gasteiger partial charge is 0.406 e. The number of nitrogens with zero attached hydrogens (tertiary/aromatic N) is 2. The quantitative estimate of drug-likeness (QED) is 0.385. The van der Waals surface area contributed by atoms with Crippen LogP contribution in [0.15, 0.2) is 60.7 Å². The molecule has 2 aliphatic rings. The number of fused-ring (bicyclic) bond motifs is 1. The van der Waals surface area contributed by atoms with E-state index in [2.05, 4.69) is 46.0 Å². The number of benzene rings is 3. The lowest BCUT2D eigenvalue weighted by molar-refractivity contribution is -0.274. The first-order valence-electron chi connectivity index (χ1n) is 12.4. The highest BCUT2D eigenvalue weighted by Crippen LogP contribution is 2.39. The van der Waals surface area contributed by atoms with Gasteiger partial charge in [0.05, 0.1) is 19.3 Å². The van der Waals surface area contributed by atoms with Crippen LogP contribution in [0.4, 0.5) is 13.2 Å².